The summed E-state index contributed by atoms with van der Waals surface area (Å²) in [5, 5.41) is 9.19. The molecule has 126 valence electrons. The number of halogens is 1. The highest BCUT2D eigenvalue weighted by atomic mass is 127. The summed E-state index contributed by atoms with van der Waals surface area (Å²) in [4.78, 5) is 16.4. The van der Waals surface area contributed by atoms with Crippen LogP contribution in [0.5, 0.6) is 0 Å². The maximum Gasteiger partial charge on any atom is 0.227 e. The van der Waals surface area contributed by atoms with Crippen LogP contribution < -0.4 is 16.0 Å². The van der Waals surface area contributed by atoms with Gasteiger partial charge in [-0.25, -0.2) is 4.99 Å². The predicted octanol–water partition coefficient (Wildman–Crippen LogP) is 2.11. The van der Waals surface area contributed by atoms with Gasteiger partial charge in [-0.1, -0.05) is 0 Å². The summed E-state index contributed by atoms with van der Waals surface area (Å²) in [6, 6.07) is 3.72. The molecule has 0 aliphatic carbocycles. The summed E-state index contributed by atoms with van der Waals surface area (Å²) in [5.41, 5.74) is -0.503. The van der Waals surface area contributed by atoms with Gasteiger partial charge >= 0.3 is 0 Å². The van der Waals surface area contributed by atoms with Gasteiger partial charge in [-0.05, 0) is 39.8 Å². The van der Waals surface area contributed by atoms with Crippen molar-refractivity contribution in [3.63, 3.8) is 0 Å². The third-order valence-corrected chi connectivity index (χ3v) is 2.97. The van der Waals surface area contributed by atoms with Gasteiger partial charge in [0.2, 0.25) is 5.91 Å². The lowest BCUT2D eigenvalue weighted by Gasteiger charge is -2.24. The van der Waals surface area contributed by atoms with E-state index in [2.05, 4.69) is 20.9 Å². The van der Waals surface area contributed by atoms with Gasteiger partial charge in [0.05, 0.1) is 11.7 Å². The fraction of sp³-hybridized carbons (Fsp3) is 0.600. The minimum absolute atomic E-state index is 0. The van der Waals surface area contributed by atoms with Crippen LogP contribution in [0.2, 0.25) is 0 Å². The Balaban J connectivity index is 0.00000441. The lowest BCUT2D eigenvalue weighted by Crippen LogP contribution is -2.47. The molecular formula is C15H27IN4O2. The molecule has 0 fully saturated rings. The SMILES string of the molecule is CCNC(=O)C(C)(C)CNC(=NCc1ccco1)NCC.I. The molecule has 0 saturated carbocycles. The number of aliphatic imine (C=N–C) groups is 1. The van der Waals surface area contributed by atoms with Crippen molar-refractivity contribution in [2.24, 2.45) is 10.4 Å². The molecule has 1 heterocycles. The molecule has 0 atom stereocenters. The van der Waals surface area contributed by atoms with E-state index in [9.17, 15) is 4.79 Å². The normalized spacial score (nSPS) is 11.5. The Morgan fingerprint density at radius 2 is 1.91 bits per heavy atom. The van der Waals surface area contributed by atoms with Crippen molar-refractivity contribution in [1.29, 1.82) is 0 Å². The summed E-state index contributed by atoms with van der Waals surface area (Å²) >= 11 is 0. The molecule has 1 aromatic heterocycles. The summed E-state index contributed by atoms with van der Waals surface area (Å²) in [6.07, 6.45) is 1.63. The van der Waals surface area contributed by atoms with Gasteiger partial charge in [-0.15, -0.1) is 24.0 Å². The van der Waals surface area contributed by atoms with Crippen LogP contribution in [0.3, 0.4) is 0 Å². The summed E-state index contributed by atoms with van der Waals surface area (Å²) in [5.74, 6) is 1.50. The average molecular weight is 422 g/mol. The fourth-order valence-electron chi connectivity index (χ4n) is 1.69. The van der Waals surface area contributed by atoms with E-state index in [0.717, 1.165) is 12.3 Å². The molecule has 0 unspecified atom stereocenters. The maximum atomic E-state index is 12.0. The van der Waals surface area contributed by atoms with Crippen LogP contribution in [-0.4, -0.2) is 31.5 Å². The number of carbonyl (C=O) groups is 1. The van der Waals surface area contributed by atoms with Gasteiger partial charge in [0, 0.05) is 19.6 Å². The third kappa shape index (κ3) is 7.15. The second-order valence-electron chi connectivity index (χ2n) is 5.37. The average Bonchev–Trinajstić information content (AvgIpc) is 2.95. The van der Waals surface area contributed by atoms with Gasteiger partial charge in [0.15, 0.2) is 5.96 Å². The molecule has 0 aliphatic heterocycles. The molecular weight excluding hydrogens is 395 g/mol. The molecule has 0 aromatic carbocycles. The van der Waals surface area contributed by atoms with Crippen molar-refractivity contribution in [2.45, 2.75) is 34.2 Å². The van der Waals surface area contributed by atoms with Gasteiger partial charge in [0.25, 0.3) is 0 Å². The number of amides is 1. The van der Waals surface area contributed by atoms with Crippen LogP contribution in [0.4, 0.5) is 0 Å². The molecule has 0 bridgehead atoms. The largest absolute Gasteiger partial charge is 0.467 e. The first kappa shape index (κ1) is 20.8. The molecule has 7 heteroatoms. The zero-order valence-electron chi connectivity index (χ0n) is 13.7. The molecule has 22 heavy (non-hydrogen) atoms. The Hall–Kier alpha value is -1.25. The second kappa shape index (κ2) is 10.5. The van der Waals surface area contributed by atoms with Gasteiger partial charge < -0.3 is 20.4 Å². The van der Waals surface area contributed by atoms with E-state index in [1.807, 2.05) is 39.8 Å². The molecule has 1 amide bonds. The Morgan fingerprint density at radius 3 is 2.45 bits per heavy atom. The number of nitrogens with zero attached hydrogens (tertiary/aromatic N) is 1. The maximum absolute atomic E-state index is 12.0. The number of carbonyl (C=O) groups excluding carboxylic acids is 1. The molecule has 1 rings (SSSR count). The summed E-state index contributed by atoms with van der Waals surface area (Å²) in [7, 11) is 0. The number of hydrogen-bond acceptors (Lipinski definition) is 3. The second-order valence-corrected chi connectivity index (χ2v) is 5.37. The van der Waals surface area contributed by atoms with E-state index in [1.165, 1.54) is 0 Å². The fourth-order valence-corrected chi connectivity index (χ4v) is 1.69. The monoisotopic (exact) mass is 422 g/mol. The number of rotatable bonds is 7. The summed E-state index contributed by atoms with van der Waals surface area (Å²) < 4.78 is 5.25. The number of nitrogens with one attached hydrogen (secondary N) is 3. The van der Waals surface area contributed by atoms with Crippen LogP contribution in [0.15, 0.2) is 27.8 Å². The lowest BCUT2D eigenvalue weighted by molar-refractivity contribution is -0.128. The van der Waals surface area contributed by atoms with Gasteiger partial charge in [-0.3, -0.25) is 4.79 Å². The van der Waals surface area contributed by atoms with Crippen LogP contribution in [-0.2, 0) is 11.3 Å². The Morgan fingerprint density at radius 1 is 1.23 bits per heavy atom. The number of furan rings is 1. The molecule has 6 nitrogen and oxygen atoms in total. The zero-order valence-corrected chi connectivity index (χ0v) is 16.1. The molecule has 3 N–H and O–H groups in total. The van der Waals surface area contributed by atoms with Crippen molar-refractivity contribution < 1.29 is 9.21 Å². The highest BCUT2D eigenvalue weighted by Crippen LogP contribution is 2.13. The van der Waals surface area contributed by atoms with Gasteiger partial charge in [0.1, 0.15) is 12.3 Å². The van der Waals surface area contributed by atoms with Crippen molar-refractivity contribution in [3.8, 4) is 0 Å². The number of hydrogen-bond donors (Lipinski definition) is 3. The Bertz CT molecular complexity index is 458. The van der Waals surface area contributed by atoms with Crippen molar-refractivity contribution in [2.75, 3.05) is 19.6 Å². The third-order valence-electron chi connectivity index (χ3n) is 2.97. The highest BCUT2D eigenvalue weighted by molar-refractivity contribution is 14.0. The first-order valence-corrected chi connectivity index (χ1v) is 7.32. The standard InChI is InChI=1S/C15H26N4O2.HI/c1-5-16-13(20)15(3,4)11-19-14(17-6-2)18-10-12-8-7-9-21-12;/h7-9H,5-6,10-11H2,1-4H3,(H,16,20)(H2,17,18,19);1H. The van der Waals surface area contributed by atoms with Gasteiger partial charge in [-0.2, -0.15) is 0 Å². The Kier molecular flexibility index (Phi) is 9.88. The highest BCUT2D eigenvalue weighted by Gasteiger charge is 2.27. The van der Waals surface area contributed by atoms with E-state index in [1.54, 1.807) is 6.26 Å². The zero-order chi connectivity index (χ0) is 15.7. The minimum atomic E-state index is -0.503. The Labute approximate surface area is 149 Å². The molecule has 0 spiro atoms. The molecule has 1 aromatic rings. The molecule has 0 aliphatic rings. The van der Waals surface area contributed by atoms with Crippen molar-refractivity contribution in [1.82, 2.24) is 16.0 Å². The molecule has 0 radical (unpaired) electrons. The minimum Gasteiger partial charge on any atom is -0.467 e. The first-order valence-electron chi connectivity index (χ1n) is 7.32. The van der Waals surface area contributed by atoms with E-state index >= 15 is 0 Å². The van der Waals surface area contributed by atoms with Crippen LogP contribution >= 0.6 is 24.0 Å². The van der Waals surface area contributed by atoms with Crippen LogP contribution in [0.1, 0.15) is 33.5 Å². The van der Waals surface area contributed by atoms with E-state index in [4.69, 9.17) is 4.42 Å². The predicted molar refractivity (Wildman–Crippen MR) is 99.4 cm³/mol. The van der Waals surface area contributed by atoms with Crippen molar-refractivity contribution >= 4 is 35.8 Å². The van der Waals surface area contributed by atoms with E-state index in [0.29, 0.717) is 25.6 Å². The van der Waals surface area contributed by atoms with Crippen LogP contribution in [0.25, 0.3) is 0 Å². The quantitative estimate of drug-likeness (QED) is 0.357. The van der Waals surface area contributed by atoms with E-state index in [-0.39, 0.29) is 29.9 Å². The van der Waals surface area contributed by atoms with Crippen molar-refractivity contribution in [3.05, 3.63) is 24.2 Å². The van der Waals surface area contributed by atoms with Crippen LogP contribution in [0, 0.1) is 5.41 Å². The topological polar surface area (TPSA) is 78.7 Å². The number of guanidine groups is 1. The first-order chi connectivity index (χ1) is 9.99. The smallest absolute Gasteiger partial charge is 0.227 e. The summed E-state index contributed by atoms with van der Waals surface area (Å²) in [6.45, 7) is 10.1. The molecule has 0 saturated heterocycles. The lowest BCUT2D eigenvalue weighted by atomic mass is 9.92. The van der Waals surface area contributed by atoms with E-state index < -0.39 is 5.41 Å².